The number of nitrogens with one attached hydrogen (secondary N) is 1. The summed E-state index contributed by atoms with van der Waals surface area (Å²) in [6.07, 6.45) is -0.526. The molecule has 1 aliphatic heterocycles. The average Bonchev–Trinajstić information content (AvgIpc) is 2.66. The summed E-state index contributed by atoms with van der Waals surface area (Å²) in [5.74, 6) is 0.812. The minimum Gasteiger partial charge on any atom is -0.463 e. The molecule has 0 saturated heterocycles. The van der Waals surface area contributed by atoms with Crippen molar-refractivity contribution >= 4 is 23.8 Å². The minimum atomic E-state index is -0.526. The molecule has 5 nitrogen and oxygen atoms in total. The van der Waals surface area contributed by atoms with Crippen LogP contribution >= 0.6 is 11.8 Å². The first-order valence-corrected chi connectivity index (χ1v) is 6.25. The van der Waals surface area contributed by atoms with Gasteiger partial charge in [0.15, 0.2) is 0 Å². The zero-order valence-electron chi connectivity index (χ0n) is 9.37. The lowest BCUT2D eigenvalue weighted by Crippen LogP contribution is -2.26. The number of alkyl carbamates (subject to hydrolysis) is 1. The zero-order chi connectivity index (χ0) is 12.0. The maximum Gasteiger partial charge on any atom is 0.411 e. The molecule has 16 heavy (non-hydrogen) atoms. The van der Waals surface area contributed by atoms with Gasteiger partial charge in [-0.3, -0.25) is 5.32 Å². The molecule has 0 unspecified atom stereocenters. The number of hydrogen-bond donors (Lipinski definition) is 1. The van der Waals surface area contributed by atoms with Crippen molar-refractivity contribution in [3.05, 3.63) is 11.3 Å². The molecule has 1 rings (SSSR count). The molecule has 0 atom stereocenters. The maximum absolute atomic E-state index is 11.5. The number of hydrogen-bond acceptors (Lipinski definition) is 5. The molecule has 0 aromatic heterocycles. The first-order chi connectivity index (χ1) is 7.69. The van der Waals surface area contributed by atoms with Gasteiger partial charge in [0.05, 0.1) is 18.8 Å². The van der Waals surface area contributed by atoms with E-state index < -0.39 is 6.09 Å². The summed E-state index contributed by atoms with van der Waals surface area (Å²) in [7, 11) is 0. The molecule has 0 saturated carbocycles. The zero-order valence-corrected chi connectivity index (χ0v) is 10.2. The summed E-state index contributed by atoms with van der Waals surface area (Å²) in [6.45, 7) is 4.11. The predicted octanol–water partition coefficient (Wildman–Crippen LogP) is 1.30. The lowest BCUT2D eigenvalue weighted by molar-refractivity contribution is -0.138. The predicted molar refractivity (Wildman–Crippen MR) is 61.1 cm³/mol. The normalized spacial score (nSPS) is 14.9. The van der Waals surface area contributed by atoms with Gasteiger partial charge in [-0.2, -0.15) is 11.8 Å². The van der Waals surface area contributed by atoms with Gasteiger partial charge in [-0.15, -0.1) is 0 Å². The lowest BCUT2D eigenvalue weighted by atomic mass is 10.2. The molecule has 0 radical (unpaired) electrons. The lowest BCUT2D eigenvalue weighted by Gasteiger charge is -2.08. The van der Waals surface area contributed by atoms with Crippen molar-refractivity contribution in [1.82, 2.24) is 5.32 Å². The molecule has 1 N–H and O–H groups in total. The van der Waals surface area contributed by atoms with Gasteiger partial charge in [0.25, 0.3) is 0 Å². The fraction of sp³-hybridized carbons (Fsp3) is 0.600. The van der Waals surface area contributed by atoms with E-state index in [-0.39, 0.29) is 5.97 Å². The van der Waals surface area contributed by atoms with Crippen LogP contribution in [0.1, 0.15) is 13.8 Å². The molecular formula is C10H15NO4S. The number of rotatable bonds is 4. The van der Waals surface area contributed by atoms with Crippen molar-refractivity contribution in [3.63, 3.8) is 0 Å². The molecule has 0 aromatic rings. The highest BCUT2D eigenvalue weighted by atomic mass is 32.2. The van der Waals surface area contributed by atoms with Gasteiger partial charge in [-0.1, -0.05) is 0 Å². The van der Waals surface area contributed by atoms with E-state index >= 15 is 0 Å². The second-order valence-corrected chi connectivity index (χ2v) is 4.00. The van der Waals surface area contributed by atoms with Gasteiger partial charge in [-0.25, -0.2) is 9.59 Å². The van der Waals surface area contributed by atoms with E-state index in [1.165, 1.54) is 0 Å². The molecule has 90 valence electrons. The Hall–Kier alpha value is -1.17. The highest BCUT2D eigenvalue weighted by Gasteiger charge is 2.23. The topological polar surface area (TPSA) is 64.6 Å². The minimum absolute atomic E-state index is 0.307. The number of esters is 1. The molecule has 1 aliphatic rings. The van der Waals surface area contributed by atoms with Crippen LogP contribution in [0, 0.1) is 0 Å². The molecule has 0 bridgehead atoms. The number of ether oxygens (including phenoxy) is 2. The van der Waals surface area contributed by atoms with E-state index in [4.69, 9.17) is 9.47 Å². The molecule has 0 aromatic carbocycles. The molecule has 0 fully saturated rings. The Kier molecular flexibility index (Phi) is 5.18. The summed E-state index contributed by atoms with van der Waals surface area (Å²) in [5, 5.41) is 2.57. The largest absolute Gasteiger partial charge is 0.463 e. The summed E-state index contributed by atoms with van der Waals surface area (Å²) in [6, 6.07) is 0. The molecular weight excluding hydrogens is 230 g/mol. The number of amides is 1. The Balaban J connectivity index is 2.64. The average molecular weight is 245 g/mol. The molecule has 0 spiro atoms. The van der Waals surface area contributed by atoms with Crippen LogP contribution in [0.4, 0.5) is 4.79 Å². The van der Waals surface area contributed by atoms with Gasteiger partial charge in [0.1, 0.15) is 0 Å². The Morgan fingerprint density at radius 2 is 1.94 bits per heavy atom. The third-order valence-corrected chi connectivity index (χ3v) is 2.89. The monoisotopic (exact) mass is 245 g/mol. The van der Waals surface area contributed by atoms with Crippen LogP contribution in [-0.2, 0) is 14.3 Å². The Morgan fingerprint density at radius 3 is 2.56 bits per heavy atom. The molecule has 0 aliphatic carbocycles. The van der Waals surface area contributed by atoms with Crippen molar-refractivity contribution in [2.45, 2.75) is 13.8 Å². The highest BCUT2D eigenvalue weighted by molar-refractivity contribution is 8.00. The fourth-order valence-corrected chi connectivity index (χ4v) is 2.28. The Morgan fingerprint density at radius 1 is 1.25 bits per heavy atom. The molecule has 1 heterocycles. The van der Waals surface area contributed by atoms with Crippen LogP contribution in [0.3, 0.4) is 0 Å². The van der Waals surface area contributed by atoms with Crippen molar-refractivity contribution in [1.29, 1.82) is 0 Å². The van der Waals surface area contributed by atoms with Gasteiger partial charge >= 0.3 is 12.1 Å². The number of carbonyl (C=O) groups is 2. The van der Waals surface area contributed by atoms with E-state index in [2.05, 4.69) is 5.32 Å². The van der Waals surface area contributed by atoms with Crippen molar-refractivity contribution < 1.29 is 19.1 Å². The summed E-state index contributed by atoms with van der Waals surface area (Å²) in [5.41, 5.74) is 1.13. The first-order valence-electron chi connectivity index (χ1n) is 5.09. The Labute approximate surface area is 98.6 Å². The fourth-order valence-electron chi connectivity index (χ4n) is 1.23. The maximum atomic E-state index is 11.5. The third kappa shape index (κ3) is 3.44. The summed E-state index contributed by atoms with van der Waals surface area (Å²) >= 11 is 1.56. The van der Waals surface area contributed by atoms with Gasteiger partial charge in [0.2, 0.25) is 0 Å². The van der Waals surface area contributed by atoms with Crippen molar-refractivity contribution in [2.24, 2.45) is 0 Å². The van der Waals surface area contributed by atoms with E-state index in [9.17, 15) is 9.59 Å². The van der Waals surface area contributed by atoms with Crippen LogP contribution in [0.2, 0.25) is 0 Å². The quantitative estimate of drug-likeness (QED) is 0.756. The third-order valence-electron chi connectivity index (χ3n) is 1.91. The van der Waals surface area contributed by atoms with E-state index in [0.717, 1.165) is 0 Å². The van der Waals surface area contributed by atoms with Crippen LogP contribution in [0.15, 0.2) is 11.3 Å². The van der Waals surface area contributed by atoms with Crippen LogP contribution in [-0.4, -0.2) is 36.8 Å². The highest BCUT2D eigenvalue weighted by Crippen LogP contribution is 2.23. The SMILES string of the molecule is CCOC(=O)NC1=C(C(=O)OCC)CSC1. The summed E-state index contributed by atoms with van der Waals surface area (Å²) in [4.78, 5) is 22.7. The van der Waals surface area contributed by atoms with Crippen LogP contribution in [0.25, 0.3) is 0 Å². The standard InChI is InChI=1S/C10H15NO4S/c1-3-14-9(12)7-5-16-6-8(7)11-10(13)15-4-2/h3-6H2,1-2H3,(H,11,13). The second kappa shape index (κ2) is 6.42. The van der Waals surface area contributed by atoms with Gasteiger partial charge in [0, 0.05) is 17.2 Å². The smallest absolute Gasteiger partial charge is 0.411 e. The van der Waals surface area contributed by atoms with Crippen molar-refractivity contribution in [3.8, 4) is 0 Å². The van der Waals surface area contributed by atoms with Gasteiger partial charge < -0.3 is 9.47 Å². The Bertz CT molecular complexity index is 314. The van der Waals surface area contributed by atoms with Crippen molar-refractivity contribution in [2.75, 3.05) is 24.7 Å². The van der Waals surface area contributed by atoms with E-state index in [1.54, 1.807) is 25.6 Å². The molecule has 6 heteroatoms. The van der Waals surface area contributed by atoms with E-state index in [1.807, 2.05) is 0 Å². The van der Waals surface area contributed by atoms with E-state index in [0.29, 0.717) is 36.0 Å². The van der Waals surface area contributed by atoms with Crippen LogP contribution < -0.4 is 5.32 Å². The molecule has 1 amide bonds. The van der Waals surface area contributed by atoms with Crippen LogP contribution in [0.5, 0.6) is 0 Å². The summed E-state index contributed by atoms with van der Waals surface area (Å²) < 4.78 is 9.64. The first kappa shape index (κ1) is 12.9. The number of thioether (sulfide) groups is 1. The second-order valence-electron chi connectivity index (χ2n) is 3.02. The number of carbonyl (C=O) groups excluding carboxylic acids is 2. The van der Waals surface area contributed by atoms with Gasteiger partial charge in [-0.05, 0) is 13.8 Å².